The van der Waals surface area contributed by atoms with Gasteiger partial charge >= 0.3 is 0 Å². The molecule has 18 heavy (non-hydrogen) atoms. The van der Waals surface area contributed by atoms with Crippen LogP contribution in [-0.2, 0) is 9.84 Å². The lowest BCUT2D eigenvalue weighted by atomic mass is 10.2. The summed E-state index contributed by atoms with van der Waals surface area (Å²) in [6.45, 7) is 0. The summed E-state index contributed by atoms with van der Waals surface area (Å²) in [6, 6.07) is 5.31. The van der Waals surface area contributed by atoms with Crippen LogP contribution in [0.15, 0.2) is 32.7 Å². The van der Waals surface area contributed by atoms with Gasteiger partial charge in [0.15, 0.2) is 5.84 Å². The van der Waals surface area contributed by atoms with Crippen molar-refractivity contribution in [3.8, 4) is 0 Å². The molecule has 5 nitrogen and oxygen atoms in total. The highest BCUT2D eigenvalue weighted by Crippen LogP contribution is 2.25. The predicted octanol–water partition coefficient (Wildman–Crippen LogP) is 1.68. The Hall–Kier alpha value is -0.730. The minimum absolute atomic E-state index is 0.0227. The normalized spacial score (nSPS) is 12.7. The van der Waals surface area contributed by atoms with Gasteiger partial charge in [-0.25, -0.2) is 8.42 Å². The van der Waals surface area contributed by atoms with Gasteiger partial charge in [0.2, 0.25) is 0 Å². The van der Waals surface area contributed by atoms with Gasteiger partial charge in [-0.05, 0) is 34.1 Å². The molecule has 0 saturated heterocycles. The summed E-state index contributed by atoms with van der Waals surface area (Å²) in [5.74, 6) is 0.653. The van der Waals surface area contributed by atoms with E-state index >= 15 is 0 Å². The van der Waals surface area contributed by atoms with Crippen LogP contribution >= 0.6 is 27.7 Å². The topological polar surface area (TPSA) is 92.8 Å². The van der Waals surface area contributed by atoms with E-state index in [2.05, 4.69) is 21.1 Å². The molecule has 0 fully saturated rings. The monoisotopic (exact) mass is 352 g/mol. The van der Waals surface area contributed by atoms with Crippen LogP contribution < -0.4 is 5.73 Å². The quantitative estimate of drug-likeness (QED) is 0.276. The predicted molar refractivity (Wildman–Crippen MR) is 77.1 cm³/mol. The second kappa shape index (κ2) is 6.44. The number of hydrogen-bond donors (Lipinski definition) is 2. The molecule has 0 amide bonds. The largest absolute Gasteiger partial charge is 0.409 e. The molecule has 0 aliphatic rings. The summed E-state index contributed by atoms with van der Waals surface area (Å²) in [7, 11) is -2.93. The SMILES string of the molecule is CS(=O)(=O)CCSc1ccc(/C(N)=N/O)c(Br)c1. The van der Waals surface area contributed by atoms with Crippen molar-refractivity contribution in [2.24, 2.45) is 10.9 Å². The highest BCUT2D eigenvalue weighted by molar-refractivity contribution is 9.10. The van der Waals surface area contributed by atoms with Crippen molar-refractivity contribution in [2.75, 3.05) is 17.8 Å². The van der Waals surface area contributed by atoms with Crippen LogP contribution in [0.1, 0.15) is 5.56 Å². The molecule has 0 aliphatic carbocycles. The van der Waals surface area contributed by atoms with Crippen LogP contribution in [0.3, 0.4) is 0 Å². The van der Waals surface area contributed by atoms with E-state index in [9.17, 15) is 8.42 Å². The smallest absolute Gasteiger partial charge is 0.171 e. The molecule has 0 spiro atoms. The second-order valence-corrected chi connectivity index (χ2v) is 7.89. The molecule has 8 heteroatoms. The third-order valence-corrected chi connectivity index (χ3v) is 4.90. The maximum atomic E-state index is 11.0. The Kier molecular flexibility index (Phi) is 5.48. The van der Waals surface area contributed by atoms with Gasteiger partial charge in [0.25, 0.3) is 0 Å². The number of rotatable bonds is 5. The molecule has 0 aromatic heterocycles. The maximum Gasteiger partial charge on any atom is 0.171 e. The van der Waals surface area contributed by atoms with E-state index in [1.54, 1.807) is 18.2 Å². The second-order valence-electron chi connectivity index (χ2n) is 3.61. The van der Waals surface area contributed by atoms with Gasteiger partial charge in [0, 0.05) is 26.9 Å². The first-order valence-corrected chi connectivity index (χ1v) is 8.75. The Morgan fingerprint density at radius 2 is 2.22 bits per heavy atom. The standard InChI is InChI=1S/C10H13BrN2O3S2/c1-18(15,16)5-4-17-7-2-3-8(9(11)6-7)10(12)13-14/h2-3,6,14H,4-5H2,1H3,(H2,12,13). The Morgan fingerprint density at radius 3 is 2.72 bits per heavy atom. The van der Waals surface area contributed by atoms with Gasteiger partial charge in [-0.1, -0.05) is 5.16 Å². The summed E-state index contributed by atoms with van der Waals surface area (Å²) in [4.78, 5) is 0.917. The molecule has 0 heterocycles. The van der Waals surface area contributed by atoms with Crippen molar-refractivity contribution in [1.82, 2.24) is 0 Å². The van der Waals surface area contributed by atoms with E-state index in [0.717, 1.165) is 4.90 Å². The molecular weight excluding hydrogens is 340 g/mol. The average molecular weight is 353 g/mol. The van der Waals surface area contributed by atoms with Gasteiger partial charge in [-0.15, -0.1) is 11.8 Å². The molecule has 0 bridgehead atoms. The molecular formula is C10H13BrN2O3S2. The van der Waals surface area contributed by atoms with E-state index in [4.69, 9.17) is 10.9 Å². The first-order valence-electron chi connectivity index (χ1n) is 4.91. The molecule has 0 unspecified atom stereocenters. The fourth-order valence-corrected chi connectivity index (χ4v) is 4.04. The van der Waals surface area contributed by atoms with Gasteiger partial charge < -0.3 is 10.9 Å². The molecule has 1 rings (SSSR count). The lowest BCUT2D eigenvalue weighted by Crippen LogP contribution is -2.13. The van der Waals surface area contributed by atoms with Crippen LogP contribution in [-0.4, -0.2) is 37.2 Å². The third kappa shape index (κ3) is 4.87. The highest BCUT2D eigenvalue weighted by Gasteiger charge is 2.07. The fourth-order valence-electron chi connectivity index (χ4n) is 1.16. The van der Waals surface area contributed by atoms with Crippen molar-refractivity contribution >= 4 is 43.4 Å². The van der Waals surface area contributed by atoms with Crippen molar-refractivity contribution in [2.45, 2.75) is 4.90 Å². The summed E-state index contributed by atoms with van der Waals surface area (Å²) in [5, 5.41) is 11.5. The molecule has 0 atom stereocenters. The van der Waals surface area contributed by atoms with Crippen molar-refractivity contribution in [3.05, 3.63) is 28.2 Å². The van der Waals surface area contributed by atoms with Crippen molar-refractivity contribution < 1.29 is 13.6 Å². The Morgan fingerprint density at radius 1 is 1.56 bits per heavy atom. The van der Waals surface area contributed by atoms with Crippen LogP contribution in [0.25, 0.3) is 0 Å². The minimum Gasteiger partial charge on any atom is -0.409 e. The zero-order valence-electron chi connectivity index (χ0n) is 9.63. The molecule has 1 aromatic rings. The number of oxime groups is 1. The van der Waals surface area contributed by atoms with Gasteiger partial charge in [-0.3, -0.25) is 0 Å². The minimum atomic E-state index is -2.93. The maximum absolute atomic E-state index is 11.0. The number of thioether (sulfide) groups is 1. The van der Waals surface area contributed by atoms with Gasteiger partial charge in [0.1, 0.15) is 9.84 Å². The molecule has 0 radical (unpaired) electrons. The van der Waals surface area contributed by atoms with Gasteiger partial charge in [0.05, 0.1) is 5.75 Å². The number of benzene rings is 1. The first-order chi connectivity index (χ1) is 8.33. The van der Waals surface area contributed by atoms with E-state index in [-0.39, 0.29) is 11.6 Å². The van der Waals surface area contributed by atoms with Crippen LogP contribution in [0.4, 0.5) is 0 Å². The van der Waals surface area contributed by atoms with E-state index < -0.39 is 9.84 Å². The lowest BCUT2D eigenvalue weighted by Gasteiger charge is -2.05. The molecule has 3 N–H and O–H groups in total. The number of sulfone groups is 1. The van der Waals surface area contributed by atoms with Gasteiger partial charge in [-0.2, -0.15) is 0 Å². The summed E-state index contributed by atoms with van der Waals surface area (Å²) in [6.07, 6.45) is 1.21. The molecule has 0 saturated carbocycles. The Labute approximate surface area is 118 Å². The number of nitrogens with zero attached hydrogens (tertiary/aromatic N) is 1. The lowest BCUT2D eigenvalue weighted by molar-refractivity contribution is 0.318. The Bertz CT molecular complexity index is 558. The number of halogens is 1. The van der Waals surface area contributed by atoms with E-state index in [1.807, 2.05) is 0 Å². The first kappa shape index (κ1) is 15.3. The van der Waals surface area contributed by atoms with Crippen LogP contribution in [0, 0.1) is 0 Å². The zero-order chi connectivity index (χ0) is 13.8. The highest BCUT2D eigenvalue weighted by atomic mass is 79.9. The number of nitrogens with two attached hydrogens (primary N) is 1. The summed E-state index contributed by atoms with van der Waals surface area (Å²) in [5.41, 5.74) is 6.07. The average Bonchev–Trinajstić information content (AvgIpc) is 2.26. The van der Waals surface area contributed by atoms with Crippen molar-refractivity contribution in [3.63, 3.8) is 0 Å². The fraction of sp³-hybridized carbons (Fsp3) is 0.300. The van der Waals surface area contributed by atoms with Crippen LogP contribution in [0.2, 0.25) is 0 Å². The number of amidine groups is 1. The third-order valence-electron chi connectivity index (χ3n) is 2.05. The Balaban J connectivity index is 2.73. The van der Waals surface area contributed by atoms with Crippen LogP contribution in [0.5, 0.6) is 0 Å². The molecule has 100 valence electrons. The van der Waals surface area contributed by atoms with E-state index in [1.165, 1.54) is 18.0 Å². The molecule has 0 aliphatic heterocycles. The summed E-state index contributed by atoms with van der Waals surface area (Å²) < 4.78 is 22.7. The molecule has 1 aromatic carbocycles. The zero-order valence-corrected chi connectivity index (χ0v) is 12.8. The number of hydrogen-bond acceptors (Lipinski definition) is 5. The van der Waals surface area contributed by atoms with Crippen molar-refractivity contribution in [1.29, 1.82) is 0 Å². The summed E-state index contributed by atoms with van der Waals surface area (Å²) >= 11 is 4.75. The van der Waals surface area contributed by atoms with E-state index in [0.29, 0.717) is 15.8 Å².